The smallest absolute Gasteiger partial charge is 0.337 e. The number of benzene rings is 2. The van der Waals surface area contributed by atoms with Crippen molar-refractivity contribution < 1.29 is 14.3 Å². The quantitative estimate of drug-likeness (QED) is 0.421. The van der Waals surface area contributed by atoms with E-state index in [-0.39, 0.29) is 10.6 Å². The maximum Gasteiger partial charge on any atom is 0.337 e. The van der Waals surface area contributed by atoms with Gasteiger partial charge < -0.3 is 9.52 Å². The number of fused-ring (bicyclic) bond motifs is 1. The molecular formula is C21H11ClN2O3S. The van der Waals surface area contributed by atoms with Crippen LogP contribution in [0.4, 0.5) is 0 Å². The number of halogens is 1. The van der Waals surface area contributed by atoms with Gasteiger partial charge >= 0.3 is 5.97 Å². The van der Waals surface area contributed by atoms with Crippen molar-refractivity contribution in [2.45, 2.75) is 0 Å². The molecule has 0 unspecified atom stereocenters. The summed E-state index contributed by atoms with van der Waals surface area (Å²) in [5, 5.41) is 19.5. The van der Waals surface area contributed by atoms with Crippen LogP contribution in [-0.2, 0) is 0 Å². The Morgan fingerprint density at radius 1 is 1.21 bits per heavy atom. The van der Waals surface area contributed by atoms with Gasteiger partial charge in [-0.15, -0.1) is 11.3 Å². The van der Waals surface area contributed by atoms with Crippen LogP contribution in [0.5, 0.6) is 0 Å². The first-order valence-electron chi connectivity index (χ1n) is 8.16. The summed E-state index contributed by atoms with van der Waals surface area (Å²) in [5.41, 5.74) is 1.82. The van der Waals surface area contributed by atoms with Gasteiger partial charge in [0.25, 0.3) is 0 Å². The second-order valence-electron chi connectivity index (χ2n) is 5.86. The summed E-state index contributed by atoms with van der Waals surface area (Å²) < 4.78 is 6.79. The summed E-state index contributed by atoms with van der Waals surface area (Å²) in [7, 11) is 0. The van der Waals surface area contributed by atoms with Crippen LogP contribution in [0.25, 0.3) is 33.2 Å². The van der Waals surface area contributed by atoms with Crippen molar-refractivity contribution in [3.63, 3.8) is 0 Å². The van der Waals surface area contributed by atoms with E-state index in [1.807, 2.05) is 24.3 Å². The summed E-state index contributed by atoms with van der Waals surface area (Å²) in [6.07, 6.45) is 1.62. The Labute approximate surface area is 168 Å². The molecule has 28 heavy (non-hydrogen) atoms. The lowest BCUT2D eigenvalue weighted by atomic mass is 10.1. The van der Waals surface area contributed by atoms with Crippen molar-refractivity contribution in [3.8, 4) is 17.4 Å². The average molecular weight is 407 g/mol. The van der Waals surface area contributed by atoms with Crippen LogP contribution in [0.2, 0.25) is 5.02 Å². The number of para-hydroxylation sites is 1. The van der Waals surface area contributed by atoms with Gasteiger partial charge in [0.15, 0.2) is 0 Å². The third-order valence-corrected chi connectivity index (χ3v) is 5.44. The van der Waals surface area contributed by atoms with E-state index in [9.17, 15) is 15.2 Å². The molecule has 1 N–H and O–H groups in total. The van der Waals surface area contributed by atoms with Crippen LogP contribution in [0.15, 0.2) is 59.0 Å². The summed E-state index contributed by atoms with van der Waals surface area (Å²) in [5.74, 6) is -0.161. The zero-order valence-corrected chi connectivity index (χ0v) is 15.8. The van der Waals surface area contributed by atoms with Gasteiger partial charge in [-0.3, -0.25) is 0 Å². The molecule has 0 bridgehead atoms. The number of nitriles is 1. The number of rotatable bonds is 4. The summed E-state index contributed by atoms with van der Waals surface area (Å²) in [6.45, 7) is 0. The molecule has 0 saturated heterocycles. The summed E-state index contributed by atoms with van der Waals surface area (Å²) in [6, 6.07) is 17.9. The van der Waals surface area contributed by atoms with Gasteiger partial charge in [0.2, 0.25) is 0 Å². The molecule has 0 aliphatic carbocycles. The zero-order valence-electron chi connectivity index (χ0n) is 14.2. The van der Waals surface area contributed by atoms with Crippen molar-refractivity contribution in [3.05, 3.63) is 76.0 Å². The third-order valence-electron chi connectivity index (χ3n) is 4.04. The van der Waals surface area contributed by atoms with Crippen molar-refractivity contribution >= 4 is 50.8 Å². The SMILES string of the molecule is N#C/C(=C\c1ccc(-c2ccc(Cl)c(C(=O)O)c2)o1)c1nc2ccccc2s1. The standard InChI is InChI=1S/C21H11ClN2O3S/c22-16-7-5-12(10-15(16)21(25)26)18-8-6-14(27-18)9-13(11-23)20-24-17-3-1-2-4-19(17)28-20/h1-10H,(H,25,26)/b13-9+. The van der Waals surface area contributed by atoms with E-state index in [1.54, 1.807) is 24.3 Å². The van der Waals surface area contributed by atoms with Crippen molar-refractivity contribution in [1.29, 1.82) is 5.26 Å². The molecule has 0 aliphatic heterocycles. The first-order chi connectivity index (χ1) is 13.5. The first-order valence-corrected chi connectivity index (χ1v) is 9.35. The van der Waals surface area contributed by atoms with E-state index >= 15 is 0 Å². The summed E-state index contributed by atoms with van der Waals surface area (Å²) >= 11 is 7.35. The number of nitrogens with zero attached hydrogens (tertiary/aromatic N) is 2. The van der Waals surface area contributed by atoms with E-state index in [0.717, 1.165) is 10.2 Å². The average Bonchev–Trinajstić information content (AvgIpc) is 3.33. The number of thiazole rings is 1. The number of carboxylic acids is 1. The molecule has 2 aromatic heterocycles. The molecule has 7 heteroatoms. The molecule has 2 aromatic carbocycles. The Morgan fingerprint density at radius 2 is 2.04 bits per heavy atom. The Bertz CT molecular complexity index is 1250. The van der Waals surface area contributed by atoms with Gasteiger partial charge in [0.05, 0.1) is 26.4 Å². The first kappa shape index (κ1) is 18.0. The Balaban J connectivity index is 1.69. The van der Waals surface area contributed by atoms with E-state index in [1.165, 1.54) is 23.5 Å². The lowest BCUT2D eigenvalue weighted by molar-refractivity contribution is 0.0697. The molecule has 2 heterocycles. The number of furan rings is 1. The number of carbonyl (C=O) groups is 1. The van der Waals surface area contributed by atoms with Crippen molar-refractivity contribution in [2.24, 2.45) is 0 Å². The summed E-state index contributed by atoms with van der Waals surface area (Å²) in [4.78, 5) is 15.8. The highest BCUT2D eigenvalue weighted by molar-refractivity contribution is 7.19. The van der Waals surface area contributed by atoms with Gasteiger partial charge in [-0.05, 0) is 42.5 Å². The van der Waals surface area contributed by atoms with Gasteiger partial charge in [0, 0.05) is 11.6 Å². The topological polar surface area (TPSA) is 87.1 Å². The van der Waals surface area contributed by atoms with Crippen LogP contribution in [0, 0.1) is 11.3 Å². The largest absolute Gasteiger partial charge is 0.478 e. The fourth-order valence-corrected chi connectivity index (χ4v) is 3.83. The Morgan fingerprint density at radius 3 is 2.79 bits per heavy atom. The maximum atomic E-state index is 11.3. The normalized spacial score (nSPS) is 11.5. The van der Waals surface area contributed by atoms with Crippen molar-refractivity contribution in [1.82, 2.24) is 4.98 Å². The Kier molecular flexibility index (Phi) is 4.70. The van der Waals surface area contributed by atoms with Crippen LogP contribution in [0.3, 0.4) is 0 Å². The third kappa shape index (κ3) is 3.41. The lowest BCUT2D eigenvalue weighted by Crippen LogP contribution is -1.97. The number of aromatic carboxylic acids is 1. The second-order valence-corrected chi connectivity index (χ2v) is 7.30. The fraction of sp³-hybridized carbons (Fsp3) is 0. The highest BCUT2D eigenvalue weighted by Crippen LogP contribution is 2.30. The molecule has 0 saturated carbocycles. The van der Waals surface area contributed by atoms with Crippen LogP contribution < -0.4 is 0 Å². The van der Waals surface area contributed by atoms with E-state index in [4.69, 9.17) is 16.0 Å². The minimum Gasteiger partial charge on any atom is -0.478 e. The molecular weight excluding hydrogens is 396 g/mol. The molecule has 0 radical (unpaired) electrons. The van der Waals surface area contributed by atoms with Crippen LogP contribution in [-0.4, -0.2) is 16.1 Å². The molecule has 0 fully saturated rings. The molecule has 4 aromatic rings. The number of hydrogen-bond donors (Lipinski definition) is 1. The number of allylic oxidation sites excluding steroid dienone is 1. The molecule has 0 spiro atoms. The maximum absolute atomic E-state index is 11.3. The fourth-order valence-electron chi connectivity index (χ4n) is 2.70. The predicted octanol–water partition coefficient (Wildman–Crippen LogP) is 5.97. The number of hydrogen-bond acceptors (Lipinski definition) is 5. The molecule has 0 atom stereocenters. The highest BCUT2D eigenvalue weighted by Gasteiger charge is 2.13. The van der Waals surface area contributed by atoms with Gasteiger partial charge in [-0.2, -0.15) is 5.26 Å². The monoisotopic (exact) mass is 406 g/mol. The number of aromatic nitrogens is 1. The van der Waals surface area contributed by atoms with Crippen LogP contribution in [0.1, 0.15) is 21.1 Å². The second kappa shape index (κ2) is 7.31. The molecule has 136 valence electrons. The lowest BCUT2D eigenvalue weighted by Gasteiger charge is -2.02. The molecule has 4 rings (SSSR count). The van der Waals surface area contributed by atoms with E-state index < -0.39 is 5.97 Å². The van der Waals surface area contributed by atoms with Crippen LogP contribution >= 0.6 is 22.9 Å². The van der Waals surface area contributed by atoms with E-state index in [0.29, 0.717) is 27.7 Å². The zero-order chi connectivity index (χ0) is 19.7. The molecule has 0 amide bonds. The van der Waals surface area contributed by atoms with Gasteiger partial charge in [0.1, 0.15) is 22.6 Å². The molecule has 5 nitrogen and oxygen atoms in total. The minimum absolute atomic E-state index is 0.000140. The predicted molar refractivity (Wildman–Crippen MR) is 109 cm³/mol. The van der Waals surface area contributed by atoms with E-state index in [2.05, 4.69) is 11.1 Å². The van der Waals surface area contributed by atoms with Crippen molar-refractivity contribution in [2.75, 3.05) is 0 Å². The Hall–Kier alpha value is -3.40. The van der Waals surface area contributed by atoms with Gasteiger partial charge in [-0.25, -0.2) is 9.78 Å². The molecule has 0 aliphatic rings. The highest BCUT2D eigenvalue weighted by atomic mass is 35.5. The number of carboxylic acid groups (broad SMARTS) is 1. The minimum atomic E-state index is -1.11. The van der Waals surface area contributed by atoms with Gasteiger partial charge in [-0.1, -0.05) is 23.7 Å².